The molecule has 0 saturated heterocycles. The third kappa shape index (κ3) is 3.12. The van der Waals surface area contributed by atoms with Crippen molar-refractivity contribution in [1.82, 2.24) is 9.88 Å². The Morgan fingerprint density at radius 1 is 1.26 bits per heavy atom. The van der Waals surface area contributed by atoms with E-state index < -0.39 is 0 Å². The molecule has 0 spiro atoms. The number of amides is 1. The number of rotatable bonds is 5. The minimum atomic E-state index is 0.0148. The number of nitrogens with one attached hydrogen (secondary N) is 1. The van der Waals surface area contributed by atoms with Crippen LogP contribution in [0.5, 0.6) is 5.88 Å². The first-order valence-corrected chi connectivity index (χ1v) is 7.40. The van der Waals surface area contributed by atoms with E-state index in [-0.39, 0.29) is 5.91 Å². The Hall–Kier alpha value is -2.60. The summed E-state index contributed by atoms with van der Waals surface area (Å²) in [5.41, 5.74) is 3.24. The number of fused-ring (bicyclic) bond motifs is 1. The monoisotopic (exact) mass is 313 g/mol. The molecule has 0 unspecified atom stereocenters. The number of hydrogen-bond donors (Lipinski definition) is 1. The molecule has 0 radical (unpaired) electrons. The summed E-state index contributed by atoms with van der Waals surface area (Å²) in [4.78, 5) is 18.6. The van der Waals surface area contributed by atoms with Gasteiger partial charge >= 0.3 is 0 Å². The Balaban J connectivity index is 1.87. The van der Waals surface area contributed by atoms with Crippen molar-refractivity contribution in [1.29, 1.82) is 0 Å². The number of carbonyl (C=O) groups is 1. The van der Waals surface area contributed by atoms with Crippen LogP contribution in [0, 0.1) is 0 Å². The molecule has 1 aliphatic heterocycles. The molecule has 6 nitrogen and oxygen atoms in total. The Labute approximate surface area is 135 Å². The summed E-state index contributed by atoms with van der Waals surface area (Å²) in [5, 5.41) is 3.28. The Morgan fingerprint density at radius 2 is 2.13 bits per heavy atom. The summed E-state index contributed by atoms with van der Waals surface area (Å²) in [6, 6.07) is 11.3. The number of anilines is 1. The second-order valence-corrected chi connectivity index (χ2v) is 5.22. The highest BCUT2D eigenvalue weighted by atomic mass is 16.5. The summed E-state index contributed by atoms with van der Waals surface area (Å²) >= 11 is 0. The van der Waals surface area contributed by atoms with E-state index in [0.29, 0.717) is 31.3 Å². The van der Waals surface area contributed by atoms with Crippen molar-refractivity contribution in [3.63, 3.8) is 0 Å². The quantitative estimate of drug-likeness (QED) is 0.917. The highest BCUT2D eigenvalue weighted by Crippen LogP contribution is 2.28. The third-order valence-corrected chi connectivity index (χ3v) is 3.79. The van der Waals surface area contributed by atoms with E-state index in [4.69, 9.17) is 9.47 Å². The van der Waals surface area contributed by atoms with E-state index in [1.54, 1.807) is 25.2 Å². The van der Waals surface area contributed by atoms with Gasteiger partial charge in [-0.1, -0.05) is 12.1 Å². The molecule has 1 aliphatic rings. The zero-order valence-electron chi connectivity index (χ0n) is 13.2. The van der Waals surface area contributed by atoms with Crippen LogP contribution in [0.3, 0.4) is 0 Å². The number of hydrogen-bond acceptors (Lipinski definition) is 5. The summed E-state index contributed by atoms with van der Waals surface area (Å²) < 4.78 is 10.2. The first kappa shape index (κ1) is 15.3. The summed E-state index contributed by atoms with van der Waals surface area (Å²) in [7, 11) is 3.22. The minimum absolute atomic E-state index is 0.0148. The van der Waals surface area contributed by atoms with Gasteiger partial charge in [-0.25, -0.2) is 4.98 Å². The third-order valence-electron chi connectivity index (χ3n) is 3.79. The largest absolute Gasteiger partial charge is 0.481 e. The molecule has 2 aromatic rings. The van der Waals surface area contributed by atoms with Gasteiger partial charge in [0, 0.05) is 31.0 Å². The predicted molar refractivity (Wildman–Crippen MR) is 87.6 cm³/mol. The Bertz CT molecular complexity index is 718. The molecule has 0 atom stereocenters. The van der Waals surface area contributed by atoms with Gasteiger partial charge in [-0.15, -0.1) is 0 Å². The van der Waals surface area contributed by atoms with Gasteiger partial charge in [0.2, 0.25) is 5.88 Å². The first-order valence-electron chi connectivity index (χ1n) is 7.40. The molecular formula is C17H19N3O3. The highest BCUT2D eigenvalue weighted by molar-refractivity contribution is 6.02. The molecule has 0 fully saturated rings. The van der Waals surface area contributed by atoms with Crippen molar-refractivity contribution in [3.05, 3.63) is 42.0 Å². The van der Waals surface area contributed by atoms with Gasteiger partial charge < -0.3 is 19.7 Å². The number of methoxy groups -OCH3 is 2. The molecule has 1 aromatic carbocycles. The zero-order chi connectivity index (χ0) is 16.2. The minimum Gasteiger partial charge on any atom is -0.481 e. The fourth-order valence-electron chi connectivity index (χ4n) is 2.53. The fourth-order valence-corrected chi connectivity index (χ4v) is 2.53. The lowest BCUT2D eigenvalue weighted by Gasteiger charge is -2.29. The first-order chi connectivity index (χ1) is 11.2. The normalized spacial score (nSPS) is 13.5. The topological polar surface area (TPSA) is 63.7 Å². The SMILES string of the molecule is COCCN1CNc2cc(-c3cccc(OC)n3)ccc2C1=O. The maximum absolute atomic E-state index is 12.5. The van der Waals surface area contributed by atoms with Gasteiger partial charge in [0.1, 0.15) is 0 Å². The molecule has 0 aliphatic carbocycles. The van der Waals surface area contributed by atoms with E-state index in [1.807, 2.05) is 30.3 Å². The van der Waals surface area contributed by atoms with Crippen LogP contribution < -0.4 is 10.1 Å². The molecule has 1 aromatic heterocycles. The van der Waals surface area contributed by atoms with Gasteiger partial charge in [0.05, 0.1) is 31.6 Å². The Morgan fingerprint density at radius 3 is 2.91 bits per heavy atom. The van der Waals surface area contributed by atoms with Crippen molar-refractivity contribution in [3.8, 4) is 17.1 Å². The Kier molecular flexibility index (Phi) is 4.43. The average molecular weight is 313 g/mol. The van der Waals surface area contributed by atoms with Crippen LogP contribution in [-0.2, 0) is 4.74 Å². The summed E-state index contributed by atoms with van der Waals surface area (Å²) in [5.74, 6) is 0.580. The van der Waals surface area contributed by atoms with Crippen LogP contribution in [0.4, 0.5) is 5.69 Å². The number of aromatic nitrogens is 1. The second-order valence-electron chi connectivity index (χ2n) is 5.22. The van der Waals surface area contributed by atoms with Gasteiger partial charge in [-0.2, -0.15) is 0 Å². The zero-order valence-corrected chi connectivity index (χ0v) is 13.2. The van der Waals surface area contributed by atoms with Gasteiger partial charge in [-0.3, -0.25) is 4.79 Å². The van der Waals surface area contributed by atoms with Crippen LogP contribution in [0.2, 0.25) is 0 Å². The van der Waals surface area contributed by atoms with E-state index in [1.165, 1.54) is 0 Å². The number of benzene rings is 1. The standard InChI is InChI=1S/C17H19N3O3/c1-22-9-8-20-11-18-15-10-12(6-7-13(15)17(20)21)14-4-3-5-16(19-14)23-2/h3-7,10,18H,8-9,11H2,1-2H3. The molecule has 1 N–H and O–H groups in total. The maximum Gasteiger partial charge on any atom is 0.257 e. The van der Waals surface area contributed by atoms with E-state index in [2.05, 4.69) is 10.3 Å². The van der Waals surface area contributed by atoms with Gasteiger partial charge in [0.15, 0.2) is 0 Å². The molecule has 6 heteroatoms. The molecule has 120 valence electrons. The summed E-state index contributed by atoms with van der Waals surface area (Å²) in [6.07, 6.45) is 0. The molecule has 3 rings (SSSR count). The van der Waals surface area contributed by atoms with E-state index in [9.17, 15) is 4.79 Å². The van der Waals surface area contributed by atoms with Crippen LogP contribution in [-0.4, -0.2) is 49.8 Å². The van der Waals surface area contributed by atoms with Crippen LogP contribution in [0.25, 0.3) is 11.3 Å². The molecule has 0 bridgehead atoms. The van der Waals surface area contributed by atoms with Crippen molar-refractivity contribution in [2.45, 2.75) is 0 Å². The van der Waals surface area contributed by atoms with E-state index in [0.717, 1.165) is 16.9 Å². The lowest BCUT2D eigenvalue weighted by molar-refractivity contribution is 0.0700. The van der Waals surface area contributed by atoms with Crippen molar-refractivity contribution >= 4 is 11.6 Å². The van der Waals surface area contributed by atoms with Crippen LogP contribution in [0.15, 0.2) is 36.4 Å². The van der Waals surface area contributed by atoms with Crippen LogP contribution >= 0.6 is 0 Å². The fraction of sp³-hybridized carbons (Fsp3) is 0.294. The molecule has 0 saturated carbocycles. The number of ether oxygens (including phenoxy) is 2. The van der Waals surface area contributed by atoms with Gasteiger partial charge in [0.25, 0.3) is 5.91 Å². The molecular weight excluding hydrogens is 294 g/mol. The predicted octanol–water partition coefficient (Wildman–Crippen LogP) is 2.23. The van der Waals surface area contributed by atoms with Crippen molar-refractivity contribution in [2.24, 2.45) is 0 Å². The second kappa shape index (κ2) is 6.66. The van der Waals surface area contributed by atoms with Gasteiger partial charge in [-0.05, 0) is 18.2 Å². The number of nitrogens with zero attached hydrogens (tertiary/aromatic N) is 2. The smallest absolute Gasteiger partial charge is 0.257 e. The maximum atomic E-state index is 12.5. The molecule has 23 heavy (non-hydrogen) atoms. The summed E-state index contributed by atoms with van der Waals surface area (Å²) in [6.45, 7) is 1.57. The molecule has 2 heterocycles. The van der Waals surface area contributed by atoms with Crippen LogP contribution in [0.1, 0.15) is 10.4 Å². The molecule has 1 amide bonds. The highest BCUT2D eigenvalue weighted by Gasteiger charge is 2.24. The number of carbonyl (C=O) groups excluding carboxylic acids is 1. The lowest BCUT2D eigenvalue weighted by atomic mass is 10.0. The van der Waals surface area contributed by atoms with Crippen molar-refractivity contribution < 1.29 is 14.3 Å². The van der Waals surface area contributed by atoms with E-state index >= 15 is 0 Å². The number of pyridine rings is 1. The van der Waals surface area contributed by atoms with Crippen molar-refractivity contribution in [2.75, 3.05) is 39.4 Å². The lowest BCUT2D eigenvalue weighted by Crippen LogP contribution is -2.41. The average Bonchev–Trinajstić information content (AvgIpc) is 2.61.